The molecule has 2 fully saturated rings. The van der Waals surface area contributed by atoms with E-state index in [9.17, 15) is 14.7 Å². The number of carbonyl (C=O) groups is 3. The second kappa shape index (κ2) is 10.1. The van der Waals surface area contributed by atoms with E-state index in [1.54, 1.807) is 6.92 Å². The van der Waals surface area contributed by atoms with E-state index in [0.717, 1.165) is 26.2 Å². The molecular weight excluding hydrogens is 382 g/mol. The largest absolute Gasteiger partial charge is 0.483 e. The van der Waals surface area contributed by atoms with Gasteiger partial charge in [-0.3, -0.25) is 14.4 Å². The van der Waals surface area contributed by atoms with Gasteiger partial charge in [-0.25, -0.2) is 9.97 Å². The molecule has 0 radical (unpaired) electrons. The molecule has 1 aromatic rings. The van der Waals surface area contributed by atoms with Crippen LogP contribution in [0.4, 0.5) is 5.95 Å². The molecule has 0 aliphatic carbocycles. The van der Waals surface area contributed by atoms with Gasteiger partial charge < -0.3 is 30.0 Å². The molecule has 0 bridgehead atoms. The van der Waals surface area contributed by atoms with Crippen molar-refractivity contribution in [1.29, 1.82) is 0 Å². The molecule has 2 aliphatic rings. The van der Waals surface area contributed by atoms with Gasteiger partial charge in [0.15, 0.2) is 0 Å². The summed E-state index contributed by atoms with van der Waals surface area (Å²) in [6.45, 7) is 5.41. The summed E-state index contributed by atoms with van der Waals surface area (Å²) in [4.78, 5) is 46.9. The summed E-state index contributed by atoms with van der Waals surface area (Å²) in [5.41, 5.74) is 0.984. The Morgan fingerprint density at radius 3 is 2.34 bits per heavy atom. The zero-order valence-corrected chi connectivity index (χ0v) is 16.6. The number of carboxylic acids is 1. The molecule has 160 valence electrons. The molecule has 11 heteroatoms. The Morgan fingerprint density at radius 2 is 1.83 bits per heavy atom. The number of carboxylic acid groups (broad SMARTS) is 2. The maximum absolute atomic E-state index is 12.7. The monoisotopic (exact) mass is 409 g/mol. The molecule has 2 saturated heterocycles. The highest BCUT2D eigenvalue weighted by Gasteiger charge is 2.35. The number of aliphatic hydroxyl groups excluding tert-OH is 1. The fourth-order valence-electron chi connectivity index (χ4n) is 3.40. The van der Waals surface area contributed by atoms with Crippen molar-refractivity contribution in [3.05, 3.63) is 17.5 Å². The smallest absolute Gasteiger partial charge is 0.309 e. The minimum absolute atomic E-state index is 0.00938. The molecule has 3 rings (SSSR count). The van der Waals surface area contributed by atoms with Crippen LogP contribution < -0.4 is 4.90 Å². The standard InChI is InChI=1S/C17H25N5O4.CH2O2/c1-11-13(9-18-17(19-11)21-7-5-20(2)6-8-21)15(24)22-4-3-12(16(25)26)14(23)10-22;2-1-3/h9,12,14,23H,3-8,10H2,1-2H3,(H,25,26);1H,(H,2,3)/t12-,14+;/m0./s1. The van der Waals surface area contributed by atoms with Gasteiger partial charge in [-0.15, -0.1) is 0 Å². The maximum Gasteiger partial charge on any atom is 0.309 e. The first kappa shape index (κ1) is 22.5. The third-order valence-corrected chi connectivity index (χ3v) is 5.17. The van der Waals surface area contributed by atoms with Crippen molar-refractivity contribution in [3.63, 3.8) is 0 Å². The van der Waals surface area contributed by atoms with Gasteiger partial charge in [0.05, 0.1) is 23.3 Å². The first-order valence-electron chi connectivity index (χ1n) is 9.33. The Kier molecular flexibility index (Phi) is 7.85. The fourth-order valence-corrected chi connectivity index (χ4v) is 3.40. The van der Waals surface area contributed by atoms with Crippen molar-refractivity contribution in [2.45, 2.75) is 19.4 Å². The third-order valence-electron chi connectivity index (χ3n) is 5.17. The number of piperazine rings is 1. The summed E-state index contributed by atoms with van der Waals surface area (Å²) in [5, 5.41) is 26.0. The average molecular weight is 409 g/mol. The van der Waals surface area contributed by atoms with Crippen LogP contribution in [0.5, 0.6) is 0 Å². The number of likely N-dealkylation sites (tertiary alicyclic amines) is 1. The maximum atomic E-state index is 12.7. The SMILES string of the molecule is Cc1nc(N2CCN(C)CC2)ncc1C(=O)N1CC[C@H](C(=O)O)[C@H](O)C1.O=CO. The molecule has 2 atom stereocenters. The normalized spacial score (nSPS) is 22.4. The second-order valence-corrected chi connectivity index (χ2v) is 7.12. The summed E-state index contributed by atoms with van der Waals surface area (Å²) in [7, 11) is 2.08. The number of nitrogens with zero attached hydrogens (tertiary/aromatic N) is 5. The molecule has 1 aromatic heterocycles. The number of rotatable bonds is 3. The molecule has 2 aliphatic heterocycles. The highest BCUT2D eigenvalue weighted by molar-refractivity contribution is 5.95. The number of aliphatic carboxylic acids is 1. The predicted molar refractivity (Wildman–Crippen MR) is 103 cm³/mol. The van der Waals surface area contributed by atoms with E-state index in [1.807, 2.05) is 0 Å². The number of hydrogen-bond donors (Lipinski definition) is 3. The Labute approximate surface area is 168 Å². The number of piperidine rings is 1. The second-order valence-electron chi connectivity index (χ2n) is 7.12. The molecule has 3 heterocycles. The van der Waals surface area contributed by atoms with Crippen LogP contribution in [-0.4, -0.2) is 106 Å². The van der Waals surface area contributed by atoms with Crippen molar-refractivity contribution in [2.24, 2.45) is 5.92 Å². The number of likely N-dealkylation sites (N-methyl/N-ethyl adjacent to an activating group) is 1. The lowest BCUT2D eigenvalue weighted by Crippen LogP contribution is -2.49. The highest BCUT2D eigenvalue weighted by Crippen LogP contribution is 2.21. The number of aliphatic hydroxyl groups is 1. The first-order valence-corrected chi connectivity index (χ1v) is 9.33. The summed E-state index contributed by atoms with van der Waals surface area (Å²) in [6, 6.07) is 0. The van der Waals surface area contributed by atoms with Crippen LogP contribution in [0.1, 0.15) is 22.5 Å². The Bertz CT molecular complexity index is 737. The Hall–Kier alpha value is -2.79. The Balaban J connectivity index is 0.000000941. The van der Waals surface area contributed by atoms with Crippen LogP contribution in [0.2, 0.25) is 0 Å². The van der Waals surface area contributed by atoms with Crippen molar-refractivity contribution in [3.8, 4) is 0 Å². The van der Waals surface area contributed by atoms with E-state index in [-0.39, 0.29) is 25.3 Å². The summed E-state index contributed by atoms with van der Waals surface area (Å²) in [6.07, 6.45) is 0.714. The first-order chi connectivity index (χ1) is 13.8. The van der Waals surface area contributed by atoms with Crippen molar-refractivity contribution < 1.29 is 29.7 Å². The van der Waals surface area contributed by atoms with E-state index in [2.05, 4.69) is 26.8 Å². The van der Waals surface area contributed by atoms with Gasteiger partial charge in [-0.2, -0.15) is 0 Å². The fraction of sp³-hybridized carbons (Fsp3) is 0.611. The molecule has 0 saturated carbocycles. The van der Waals surface area contributed by atoms with Crippen molar-refractivity contribution >= 4 is 24.3 Å². The zero-order chi connectivity index (χ0) is 21.6. The molecule has 0 aromatic carbocycles. The van der Waals surface area contributed by atoms with Crippen LogP contribution >= 0.6 is 0 Å². The topological polar surface area (TPSA) is 147 Å². The molecule has 0 spiro atoms. The van der Waals surface area contributed by atoms with Crippen molar-refractivity contribution in [2.75, 3.05) is 51.2 Å². The lowest BCUT2D eigenvalue weighted by Gasteiger charge is -2.34. The Morgan fingerprint density at radius 1 is 1.21 bits per heavy atom. The van der Waals surface area contributed by atoms with Gasteiger partial charge >= 0.3 is 5.97 Å². The van der Waals surface area contributed by atoms with Crippen molar-refractivity contribution in [1.82, 2.24) is 19.8 Å². The highest BCUT2D eigenvalue weighted by atomic mass is 16.4. The molecule has 3 N–H and O–H groups in total. The third kappa shape index (κ3) is 5.61. The molecule has 29 heavy (non-hydrogen) atoms. The number of carbonyl (C=O) groups excluding carboxylic acids is 1. The predicted octanol–water partition coefficient (Wildman–Crippen LogP) is -0.855. The minimum atomic E-state index is -1.06. The van der Waals surface area contributed by atoms with Gasteiger partial charge in [0.2, 0.25) is 5.95 Å². The number of aryl methyl sites for hydroxylation is 1. The van der Waals surface area contributed by atoms with Crippen LogP contribution in [0, 0.1) is 12.8 Å². The molecular formula is C18H27N5O6. The quantitative estimate of drug-likeness (QED) is 0.539. The summed E-state index contributed by atoms with van der Waals surface area (Å²) < 4.78 is 0. The van der Waals surface area contributed by atoms with Gasteiger partial charge in [-0.1, -0.05) is 0 Å². The number of hydrogen-bond acceptors (Lipinski definition) is 8. The van der Waals surface area contributed by atoms with Gasteiger partial charge in [0.1, 0.15) is 0 Å². The molecule has 0 unspecified atom stereocenters. The van der Waals surface area contributed by atoms with Gasteiger partial charge in [-0.05, 0) is 20.4 Å². The van der Waals surface area contributed by atoms with E-state index in [1.165, 1.54) is 11.1 Å². The number of aromatic nitrogens is 2. The average Bonchev–Trinajstić information content (AvgIpc) is 2.68. The molecule has 1 amide bonds. The van der Waals surface area contributed by atoms with E-state index in [4.69, 9.17) is 15.0 Å². The lowest BCUT2D eigenvalue weighted by atomic mass is 9.93. The summed E-state index contributed by atoms with van der Waals surface area (Å²) in [5.74, 6) is -1.50. The van der Waals surface area contributed by atoms with Gasteiger partial charge in [0, 0.05) is 45.5 Å². The number of amides is 1. The lowest BCUT2D eigenvalue weighted by molar-refractivity contribution is -0.148. The zero-order valence-electron chi connectivity index (χ0n) is 16.6. The van der Waals surface area contributed by atoms with E-state index < -0.39 is 18.0 Å². The van der Waals surface area contributed by atoms with E-state index in [0.29, 0.717) is 23.8 Å². The van der Waals surface area contributed by atoms with Crippen LogP contribution in [0.25, 0.3) is 0 Å². The summed E-state index contributed by atoms with van der Waals surface area (Å²) >= 11 is 0. The van der Waals surface area contributed by atoms with E-state index >= 15 is 0 Å². The molecule has 11 nitrogen and oxygen atoms in total. The minimum Gasteiger partial charge on any atom is -0.483 e. The van der Waals surface area contributed by atoms with Crippen LogP contribution in [-0.2, 0) is 9.59 Å². The van der Waals surface area contributed by atoms with Crippen LogP contribution in [0.15, 0.2) is 6.20 Å². The number of β-amino-alcohol motifs (C(OH)–C–C–N with tert-alkyl or cyclic N) is 1. The van der Waals surface area contributed by atoms with Crippen LogP contribution in [0.3, 0.4) is 0 Å². The number of anilines is 1. The van der Waals surface area contributed by atoms with Gasteiger partial charge in [0.25, 0.3) is 12.4 Å².